The Morgan fingerprint density at radius 3 is 3.10 bits per heavy atom. The monoisotopic (exact) mass is 268 g/mol. The lowest BCUT2D eigenvalue weighted by molar-refractivity contribution is -0.132. The molecule has 2 N–H and O–H groups in total. The number of benzene rings is 1. The maximum Gasteiger partial charge on any atom is 0.333 e. The van der Waals surface area contributed by atoms with Crippen LogP contribution in [0.1, 0.15) is 11.3 Å². The zero-order valence-corrected chi connectivity index (χ0v) is 10.6. The van der Waals surface area contributed by atoms with Gasteiger partial charge in [-0.25, -0.2) is 4.79 Å². The zero-order chi connectivity index (χ0) is 13.7. The zero-order valence-electron chi connectivity index (χ0n) is 10.6. The van der Waals surface area contributed by atoms with Crippen molar-refractivity contribution in [1.82, 2.24) is 4.57 Å². The second-order valence-electron chi connectivity index (χ2n) is 4.86. The second-order valence-corrected chi connectivity index (χ2v) is 4.86. The average molecular weight is 268 g/mol. The van der Waals surface area contributed by atoms with E-state index in [1.807, 2.05) is 30.5 Å². The largest absolute Gasteiger partial charge is 0.483 e. The molecule has 3 heterocycles. The van der Waals surface area contributed by atoms with Crippen LogP contribution < -0.4 is 10.1 Å². The molecule has 0 unspecified atom stereocenters. The number of fused-ring (bicyclic) bond motifs is 5. The summed E-state index contributed by atoms with van der Waals surface area (Å²) >= 11 is 0. The van der Waals surface area contributed by atoms with E-state index in [0.29, 0.717) is 18.7 Å². The van der Waals surface area contributed by atoms with Crippen LogP contribution in [-0.4, -0.2) is 22.2 Å². The molecule has 0 spiro atoms. The van der Waals surface area contributed by atoms with Crippen LogP contribution in [0.3, 0.4) is 0 Å². The summed E-state index contributed by atoms with van der Waals surface area (Å²) in [5.74, 6) is -0.110. The van der Waals surface area contributed by atoms with E-state index in [-0.39, 0.29) is 0 Å². The fourth-order valence-corrected chi connectivity index (χ4v) is 2.70. The first kappa shape index (κ1) is 11.2. The SMILES string of the molecule is O=C(O)C1=Cc2ccc3c(c2NC1)OCc1cccn1-3. The van der Waals surface area contributed by atoms with Gasteiger partial charge in [0.05, 0.1) is 22.6 Å². The van der Waals surface area contributed by atoms with Gasteiger partial charge in [0, 0.05) is 18.3 Å². The molecule has 0 atom stereocenters. The summed E-state index contributed by atoms with van der Waals surface area (Å²) in [5, 5.41) is 12.2. The first-order valence-corrected chi connectivity index (χ1v) is 6.38. The van der Waals surface area contributed by atoms with Crippen molar-refractivity contribution in [3.63, 3.8) is 0 Å². The Hall–Kier alpha value is -2.69. The van der Waals surface area contributed by atoms with Crippen LogP contribution in [0.2, 0.25) is 0 Å². The number of aromatic nitrogens is 1. The molecule has 2 aliphatic rings. The molecule has 1 aromatic heterocycles. The number of hydrogen-bond donors (Lipinski definition) is 2. The number of carboxylic acid groups (broad SMARTS) is 1. The topological polar surface area (TPSA) is 63.5 Å². The second kappa shape index (κ2) is 3.90. The predicted molar refractivity (Wildman–Crippen MR) is 74.2 cm³/mol. The van der Waals surface area contributed by atoms with Crippen LogP contribution in [0.15, 0.2) is 36.0 Å². The number of hydrogen-bond acceptors (Lipinski definition) is 3. The van der Waals surface area contributed by atoms with Gasteiger partial charge in [-0.1, -0.05) is 6.07 Å². The summed E-state index contributed by atoms with van der Waals surface area (Å²) in [4.78, 5) is 11.0. The van der Waals surface area contributed by atoms with Gasteiger partial charge < -0.3 is 19.7 Å². The Balaban J connectivity index is 1.90. The third-order valence-corrected chi connectivity index (χ3v) is 3.69. The van der Waals surface area contributed by atoms with Gasteiger partial charge in [-0.15, -0.1) is 0 Å². The van der Waals surface area contributed by atoms with Crippen LogP contribution in [0, 0.1) is 0 Å². The van der Waals surface area contributed by atoms with Crippen molar-refractivity contribution in [1.29, 1.82) is 0 Å². The van der Waals surface area contributed by atoms with Crippen molar-refractivity contribution in [3.8, 4) is 11.4 Å². The van der Waals surface area contributed by atoms with Gasteiger partial charge in [-0.2, -0.15) is 0 Å². The minimum Gasteiger partial charge on any atom is -0.483 e. The van der Waals surface area contributed by atoms with Crippen LogP contribution in [-0.2, 0) is 11.4 Å². The Labute approximate surface area is 115 Å². The van der Waals surface area contributed by atoms with Crippen molar-refractivity contribution >= 4 is 17.7 Å². The van der Waals surface area contributed by atoms with Gasteiger partial charge in [0.2, 0.25) is 0 Å². The van der Waals surface area contributed by atoms with Crippen LogP contribution in [0.4, 0.5) is 5.69 Å². The Morgan fingerprint density at radius 2 is 2.25 bits per heavy atom. The molecule has 1 aromatic carbocycles. The molecule has 0 radical (unpaired) electrons. The Kier molecular flexibility index (Phi) is 2.18. The molecule has 0 aliphatic carbocycles. The number of ether oxygens (including phenoxy) is 1. The number of nitrogens with one attached hydrogen (secondary N) is 1. The van der Waals surface area contributed by atoms with Gasteiger partial charge in [0.1, 0.15) is 6.61 Å². The molecule has 0 saturated heterocycles. The normalized spacial score (nSPS) is 15.1. The standard InChI is InChI=1S/C15H12N2O3/c18-15(19)10-6-9-3-4-12-14(13(9)16-7-10)20-8-11-2-1-5-17(11)12/h1-6,16H,7-8H2,(H,18,19). The number of nitrogens with zero attached hydrogens (tertiary/aromatic N) is 1. The van der Waals surface area contributed by atoms with Crippen molar-refractivity contribution in [2.24, 2.45) is 0 Å². The summed E-state index contributed by atoms with van der Waals surface area (Å²) in [7, 11) is 0. The molecule has 0 bridgehead atoms. The molecule has 5 heteroatoms. The number of carbonyl (C=O) groups is 1. The van der Waals surface area contributed by atoms with Crippen LogP contribution >= 0.6 is 0 Å². The minimum absolute atomic E-state index is 0.306. The van der Waals surface area contributed by atoms with Gasteiger partial charge in [-0.05, 0) is 24.3 Å². The highest BCUT2D eigenvalue weighted by atomic mass is 16.5. The van der Waals surface area contributed by atoms with E-state index >= 15 is 0 Å². The van der Waals surface area contributed by atoms with Gasteiger partial charge >= 0.3 is 5.97 Å². The number of anilines is 1. The molecule has 5 nitrogen and oxygen atoms in total. The number of rotatable bonds is 1. The van der Waals surface area contributed by atoms with Crippen molar-refractivity contribution < 1.29 is 14.6 Å². The van der Waals surface area contributed by atoms with Crippen molar-refractivity contribution in [3.05, 3.63) is 47.3 Å². The lowest BCUT2D eigenvalue weighted by Gasteiger charge is -2.26. The summed E-state index contributed by atoms with van der Waals surface area (Å²) in [5.41, 5.74) is 4.16. The molecule has 2 aliphatic heterocycles. The summed E-state index contributed by atoms with van der Waals surface area (Å²) in [6, 6.07) is 7.89. The third kappa shape index (κ3) is 1.46. The highest BCUT2D eigenvalue weighted by Gasteiger charge is 2.24. The van der Waals surface area contributed by atoms with Gasteiger partial charge in [-0.3, -0.25) is 0 Å². The predicted octanol–water partition coefficient (Wildman–Crippen LogP) is 2.26. The van der Waals surface area contributed by atoms with Crippen LogP contribution in [0.25, 0.3) is 11.8 Å². The lowest BCUT2D eigenvalue weighted by Crippen LogP contribution is -2.19. The summed E-state index contributed by atoms with van der Waals surface area (Å²) < 4.78 is 7.94. The Morgan fingerprint density at radius 1 is 1.35 bits per heavy atom. The average Bonchev–Trinajstić information content (AvgIpc) is 2.94. The molecule has 100 valence electrons. The van der Waals surface area contributed by atoms with E-state index in [0.717, 1.165) is 28.4 Å². The molecule has 20 heavy (non-hydrogen) atoms. The van der Waals surface area contributed by atoms with E-state index < -0.39 is 5.97 Å². The summed E-state index contributed by atoms with van der Waals surface area (Å²) in [6.45, 7) is 0.828. The lowest BCUT2D eigenvalue weighted by atomic mass is 10.0. The highest BCUT2D eigenvalue weighted by Crippen LogP contribution is 2.41. The molecule has 0 saturated carbocycles. The van der Waals surface area contributed by atoms with Gasteiger partial charge in [0.15, 0.2) is 5.75 Å². The first-order chi connectivity index (χ1) is 9.74. The molecule has 0 amide bonds. The van der Waals surface area contributed by atoms with E-state index in [1.165, 1.54) is 0 Å². The fraction of sp³-hybridized carbons (Fsp3) is 0.133. The van der Waals surface area contributed by atoms with Gasteiger partial charge in [0.25, 0.3) is 0 Å². The molecular weight excluding hydrogens is 256 g/mol. The van der Waals surface area contributed by atoms with Crippen molar-refractivity contribution in [2.75, 3.05) is 11.9 Å². The summed E-state index contributed by atoms with van der Waals surface area (Å²) in [6.07, 6.45) is 3.70. The number of aliphatic carboxylic acids is 1. The Bertz CT molecular complexity index is 758. The highest BCUT2D eigenvalue weighted by molar-refractivity contribution is 5.97. The maximum absolute atomic E-state index is 11.0. The van der Waals surface area contributed by atoms with Crippen LogP contribution in [0.5, 0.6) is 5.75 Å². The molecule has 4 rings (SSSR count). The van der Waals surface area contributed by atoms with E-state index in [9.17, 15) is 4.79 Å². The van der Waals surface area contributed by atoms with E-state index in [4.69, 9.17) is 9.84 Å². The minimum atomic E-state index is -0.894. The molecular formula is C15H12N2O3. The smallest absolute Gasteiger partial charge is 0.333 e. The molecule has 0 fully saturated rings. The van der Waals surface area contributed by atoms with E-state index in [2.05, 4.69) is 9.88 Å². The first-order valence-electron chi connectivity index (χ1n) is 6.38. The third-order valence-electron chi connectivity index (χ3n) is 3.69. The van der Waals surface area contributed by atoms with E-state index in [1.54, 1.807) is 6.08 Å². The number of carboxylic acids is 1. The maximum atomic E-state index is 11.0. The van der Waals surface area contributed by atoms with Crippen molar-refractivity contribution in [2.45, 2.75) is 6.61 Å². The quantitative estimate of drug-likeness (QED) is 0.832. The fourth-order valence-electron chi connectivity index (χ4n) is 2.70. The molecule has 2 aromatic rings.